The van der Waals surface area contributed by atoms with Crippen LogP contribution in [0.5, 0.6) is 0 Å². The molecule has 1 unspecified atom stereocenters. The summed E-state index contributed by atoms with van der Waals surface area (Å²) in [5.41, 5.74) is 7.18. The summed E-state index contributed by atoms with van der Waals surface area (Å²) in [7, 11) is 0. The van der Waals surface area contributed by atoms with Crippen LogP contribution in [0.2, 0.25) is 0 Å². The molecule has 0 bridgehead atoms. The van der Waals surface area contributed by atoms with Crippen LogP contribution >= 0.6 is 0 Å². The molecule has 1 aliphatic rings. The fourth-order valence-corrected chi connectivity index (χ4v) is 3.00. The zero-order chi connectivity index (χ0) is 12.1. The van der Waals surface area contributed by atoms with Crippen LogP contribution in [0.15, 0.2) is 30.3 Å². The second-order valence-corrected chi connectivity index (χ2v) is 5.05. The molecule has 94 valence electrons. The van der Waals surface area contributed by atoms with Gasteiger partial charge in [0.25, 0.3) is 0 Å². The number of hydrogen-bond acceptors (Lipinski definition) is 2. The van der Waals surface area contributed by atoms with E-state index in [4.69, 9.17) is 5.73 Å². The number of nitrogens with zero attached hydrogens (tertiary/aromatic N) is 1. The van der Waals surface area contributed by atoms with Gasteiger partial charge in [0, 0.05) is 25.2 Å². The lowest BCUT2D eigenvalue weighted by atomic mass is 10.0. The second-order valence-electron chi connectivity index (χ2n) is 5.05. The third kappa shape index (κ3) is 3.08. The Balaban J connectivity index is 2.09. The van der Waals surface area contributed by atoms with Crippen molar-refractivity contribution in [3.8, 4) is 0 Å². The Morgan fingerprint density at radius 1 is 1.24 bits per heavy atom. The Labute approximate surface area is 105 Å². The zero-order valence-corrected chi connectivity index (χ0v) is 10.8. The highest BCUT2D eigenvalue weighted by atomic mass is 15.2. The number of rotatable bonds is 5. The average Bonchev–Trinajstić information content (AvgIpc) is 2.90. The van der Waals surface area contributed by atoms with E-state index in [0.29, 0.717) is 6.04 Å². The first-order valence-electron chi connectivity index (χ1n) is 6.83. The van der Waals surface area contributed by atoms with Gasteiger partial charge in [-0.3, -0.25) is 4.90 Å². The lowest BCUT2D eigenvalue weighted by molar-refractivity contribution is 0.150. The Morgan fingerprint density at radius 2 is 1.88 bits per heavy atom. The van der Waals surface area contributed by atoms with Crippen LogP contribution < -0.4 is 5.73 Å². The minimum absolute atomic E-state index is 0.489. The van der Waals surface area contributed by atoms with Gasteiger partial charge >= 0.3 is 0 Å². The summed E-state index contributed by atoms with van der Waals surface area (Å²) in [5.74, 6) is 0. The molecule has 2 nitrogen and oxygen atoms in total. The smallest absolute Gasteiger partial charge is 0.0323 e. The quantitative estimate of drug-likeness (QED) is 0.845. The Kier molecular flexibility index (Phi) is 4.57. The van der Waals surface area contributed by atoms with E-state index in [1.165, 1.54) is 31.2 Å². The molecule has 2 heteroatoms. The van der Waals surface area contributed by atoms with Gasteiger partial charge in [-0.25, -0.2) is 0 Å². The van der Waals surface area contributed by atoms with E-state index in [0.717, 1.165) is 19.1 Å². The molecule has 1 aliphatic carbocycles. The first kappa shape index (κ1) is 12.6. The number of nitrogens with two attached hydrogens (primary N) is 1. The van der Waals surface area contributed by atoms with Crippen molar-refractivity contribution in [3.63, 3.8) is 0 Å². The third-order valence-electron chi connectivity index (χ3n) is 3.96. The molecule has 0 aromatic heterocycles. The predicted octanol–water partition coefficient (Wildman–Crippen LogP) is 2.95. The van der Waals surface area contributed by atoms with Gasteiger partial charge < -0.3 is 5.73 Å². The fourth-order valence-electron chi connectivity index (χ4n) is 3.00. The van der Waals surface area contributed by atoms with Crippen LogP contribution in [0.25, 0.3) is 0 Å². The standard InChI is InChI=1S/C15H24N2/c1-13(14-7-3-2-4-8-14)17(12-11-16)15-9-5-6-10-15/h2-4,7-8,13,15H,5-6,9-12,16H2,1H3. The molecule has 0 heterocycles. The molecule has 1 fully saturated rings. The highest BCUT2D eigenvalue weighted by molar-refractivity contribution is 5.18. The molecule has 0 aliphatic heterocycles. The van der Waals surface area contributed by atoms with Crippen molar-refractivity contribution in [2.24, 2.45) is 5.73 Å². The average molecular weight is 232 g/mol. The molecule has 1 aromatic rings. The first-order valence-corrected chi connectivity index (χ1v) is 6.83. The van der Waals surface area contributed by atoms with Gasteiger partial charge in [0.05, 0.1) is 0 Å². The topological polar surface area (TPSA) is 29.3 Å². The normalized spacial score (nSPS) is 18.8. The van der Waals surface area contributed by atoms with Crippen LogP contribution in [0.3, 0.4) is 0 Å². The molecular weight excluding hydrogens is 208 g/mol. The molecule has 2 N–H and O–H groups in total. The van der Waals surface area contributed by atoms with Gasteiger partial charge in [-0.1, -0.05) is 43.2 Å². The van der Waals surface area contributed by atoms with Gasteiger partial charge in [0.15, 0.2) is 0 Å². The van der Waals surface area contributed by atoms with Gasteiger partial charge in [0.1, 0.15) is 0 Å². The molecular formula is C15H24N2. The van der Waals surface area contributed by atoms with Crippen LogP contribution in [0.1, 0.15) is 44.2 Å². The Morgan fingerprint density at radius 3 is 2.47 bits per heavy atom. The van der Waals surface area contributed by atoms with Crippen molar-refractivity contribution in [2.75, 3.05) is 13.1 Å². The lowest BCUT2D eigenvalue weighted by Crippen LogP contribution is -2.39. The van der Waals surface area contributed by atoms with Crippen molar-refractivity contribution in [1.29, 1.82) is 0 Å². The molecule has 17 heavy (non-hydrogen) atoms. The Bertz CT molecular complexity index is 317. The molecule has 0 radical (unpaired) electrons. The van der Waals surface area contributed by atoms with Crippen molar-refractivity contribution in [1.82, 2.24) is 4.90 Å². The van der Waals surface area contributed by atoms with Crippen molar-refractivity contribution >= 4 is 0 Å². The number of hydrogen-bond donors (Lipinski definition) is 1. The van der Waals surface area contributed by atoms with Gasteiger partial charge in [-0.05, 0) is 25.3 Å². The lowest BCUT2D eigenvalue weighted by Gasteiger charge is -2.34. The highest BCUT2D eigenvalue weighted by Crippen LogP contribution is 2.30. The van der Waals surface area contributed by atoms with Crippen molar-refractivity contribution in [2.45, 2.75) is 44.7 Å². The summed E-state index contributed by atoms with van der Waals surface area (Å²) in [6.07, 6.45) is 5.45. The fraction of sp³-hybridized carbons (Fsp3) is 0.600. The van der Waals surface area contributed by atoms with Crippen molar-refractivity contribution < 1.29 is 0 Å². The molecule has 2 rings (SSSR count). The second kappa shape index (κ2) is 6.18. The summed E-state index contributed by atoms with van der Waals surface area (Å²) in [6, 6.07) is 12.0. The van der Waals surface area contributed by atoms with Crippen LogP contribution in [0.4, 0.5) is 0 Å². The maximum Gasteiger partial charge on any atom is 0.0323 e. The molecule has 1 saturated carbocycles. The molecule has 0 amide bonds. The molecule has 0 saturated heterocycles. The molecule has 1 aromatic carbocycles. The number of benzene rings is 1. The minimum atomic E-state index is 0.489. The maximum atomic E-state index is 5.77. The molecule has 0 spiro atoms. The SMILES string of the molecule is CC(c1ccccc1)N(CCN)C1CCCC1. The van der Waals surface area contributed by atoms with Gasteiger partial charge in [-0.15, -0.1) is 0 Å². The van der Waals surface area contributed by atoms with Gasteiger partial charge in [0.2, 0.25) is 0 Å². The van der Waals surface area contributed by atoms with E-state index in [-0.39, 0.29) is 0 Å². The summed E-state index contributed by atoms with van der Waals surface area (Å²) < 4.78 is 0. The Hall–Kier alpha value is -0.860. The van der Waals surface area contributed by atoms with E-state index < -0.39 is 0 Å². The van der Waals surface area contributed by atoms with Crippen molar-refractivity contribution in [3.05, 3.63) is 35.9 Å². The van der Waals surface area contributed by atoms with Crippen LogP contribution in [-0.4, -0.2) is 24.0 Å². The predicted molar refractivity (Wildman–Crippen MR) is 72.9 cm³/mol. The zero-order valence-electron chi connectivity index (χ0n) is 10.8. The summed E-state index contributed by atoms with van der Waals surface area (Å²) in [5, 5.41) is 0. The van der Waals surface area contributed by atoms with Crippen LogP contribution in [0, 0.1) is 0 Å². The van der Waals surface area contributed by atoms with E-state index >= 15 is 0 Å². The first-order chi connectivity index (χ1) is 8.33. The minimum Gasteiger partial charge on any atom is -0.329 e. The van der Waals surface area contributed by atoms with Gasteiger partial charge in [-0.2, -0.15) is 0 Å². The van der Waals surface area contributed by atoms with E-state index in [1.54, 1.807) is 0 Å². The van der Waals surface area contributed by atoms with E-state index in [2.05, 4.69) is 42.2 Å². The summed E-state index contributed by atoms with van der Waals surface area (Å²) in [6.45, 7) is 4.08. The largest absolute Gasteiger partial charge is 0.329 e. The highest BCUT2D eigenvalue weighted by Gasteiger charge is 2.26. The summed E-state index contributed by atoms with van der Waals surface area (Å²) in [4.78, 5) is 2.60. The maximum absolute atomic E-state index is 5.77. The van der Waals surface area contributed by atoms with E-state index in [1.807, 2.05) is 0 Å². The monoisotopic (exact) mass is 232 g/mol. The third-order valence-corrected chi connectivity index (χ3v) is 3.96. The van der Waals surface area contributed by atoms with E-state index in [9.17, 15) is 0 Å². The summed E-state index contributed by atoms with van der Waals surface area (Å²) >= 11 is 0. The molecule has 1 atom stereocenters. The van der Waals surface area contributed by atoms with Crippen LogP contribution in [-0.2, 0) is 0 Å².